The molecule has 0 aliphatic rings. The smallest absolute Gasteiger partial charge is 0.222 e. The second kappa shape index (κ2) is 16.7. The molecule has 8 heteroatoms. The summed E-state index contributed by atoms with van der Waals surface area (Å²) in [7, 11) is 3.33. The van der Waals surface area contributed by atoms with Crippen LogP contribution in [-0.2, 0) is 22.5 Å². The Morgan fingerprint density at radius 2 is 1.57 bits per heavy atom. The fourth-order valence-electron chi connectivity index (χ4n) is 4.22. The Labute approximate surface area is 240 Å². The molecule has 4 rings (SSSR count). The first-order valence-corrected chi connectivity index (χ1v) is 14.4. The van der Waals surface area contributed by atoms with E-state index in [1.54, 1.807) is 14.2 Å². The topological polar surface area (TPSA) is 84.2 Å². The van der Waals surface area contributed by atoms with E-state index in [4.69, 9.17) is 34.3 Å². The molecule has 0 spiro atoms. The van der Waals surface area contributed by atoms with Crippen LogP contribution in [0, 0.1) is 6.92 Å². The lowest BCUT2D eigenvalue weighted by Crippen LogP contribution is -2.22. The zero-order chi connectivity index (χ0) is 29.7. The Morgan fingerprint density at radius 1 is 0.875 bits per heavy atom. The zero-order valence-corrected chi connectivity index (χ0v) is 26.0. The third-order valence-electron chi connectivity index (χ3n) is 6.15. The summed E-state index contributed by atoms with van der Waals surface area (Å²) in [5, 5.41) is 4.81. The van der Waals surface area contributed by atoms with E-state index >= 15 is 0 Å². The molecule has 4 aromatic rings. The molecule has 0 saturated carbocycles. The quantitative estimate of drug-likeness (QED) is 0.193. The van der Waals surface area contributed by atoms with Gasteiger partial charge in [0.05, 0.1) is 49.6 Å². The number of benzene rings is 1. The monoisotopic (exact) mass is 549 g/mol. The molecule has 0 N–H and O–H groups in total. The van der Waals surface area contributed by atoms with Gasteiger partial charge in [0.15, 0.2) is 5.65 Å². The molecule has 1 atom stereocenters. The molecule has 0 aliphatic carbocycles. The van der Waals surface area contributed by atoms with Gasteiger partial charge in [-0.25, -0.2) is 19.6 Å². The van der Waals surface area contributed by atoms with Crippen molar-refractivity contribution in [2.45, 2.75) is 80.4 Å². The fourth-order valence-corrected chi connectivity index (χ4v) is 4.22. The zero-order valence-electron chi connectivity index (χ0n) is 26.0. The van der Waals surface area contributed by atoms with E-state index in [2.05, 4.69) is 32.9 Å². The summed E-state index contributed by atoms with van der Waals surface area (Å²) in [4.78, 5) is 14.8. The molecule has 218 valence electrons. The van der Waals surface area contributed by atoms with Crippen molar-refractivity contribution in [1.82, 2.24) is 24.7 Å². The molecule has 0 saturated heterocycles. The van der Waals surface area contributed by atoms with Gasteiger partial charge in [-0.15, -0.1) is 0 Å². The van der Waals surface area contributed by atoms with Gasteiger partial charge in [0, 0.05) is 12.8 Å². The maximum absolute atomic E-state index is 6.04. The van der Waals surface area contributed by atoms with Gasteiger partial charge in [-0.3, -0.25) is 0 Å². The van der Waals surface area contributed by atoms with Gasteiger partial charge < -0.3 is 14.2 Å². The van der Waals surface area contributed by atoms with Crippen LogP contribution >= 0.6 is 0 Å². The van der Waals surface area contributed by atoms with Crippen molar-refractivity contribution in [1.29, 1.82) is 0 Å². The average molecular weight is 550 g/mol. The molecule has 1 aromatic carbocycles. The number of aromatic nitrogens is 5. The molecule has 0 fully saturated rings. The summed E-state index contributed by atoms with van der Waals surface area (Å²) in [5.74, 6) is 0.857. The van der Waals surface area contributed by atoms with Gasteiger partial charge in [-0.2, -0.15) is 5.10 Å². The van der Waals surface area contributed by atoms with E-state index in [1.807, 2.05) is 69.6 Å². The SMILES string of the molecule is CC.CC.CCc1nc2c(nc1-c1ccc(C(C)C)nc1OC)c(C)nn2C(COC)COCc1ccccc1. The van der Waals surface area contributed by atoms with Crippen molar-refractivity contribution in [2.24, 2.45) is 0 Å². The van der Waals surface area contributed by atoms with Crippen LogP contribution in [0.25, 0.3) is 22.4 Å². The van der Waals surface area contributed by atoms with Gasteiger partial charge >= 0.3 is 0 Å². The minimum Gasteiger partial charge on any atom is -0.480 e. The molecule has 0 amide bonds. The molecule has 0 bridgehead atoms. The van der Waals surface area contributed by atoms with E-state index in [1.165, 1.54) is 0 Å². The van der Waals surface area contributed by atoms with E-state index < -0.39 is 0 Å². The Balaban J connectivity index is 0.00000134. The first-order chi connectivity index (χ1) is 19.5. The summed E-state index contributed by atoms with van der Waals surface area (Å²) >= 11 is 0. The summed E-state index contributed by atoms with van der Waals surface area (Å²) in [6.07, 6.45) is 0.705. The van der Waals surface area contributed by atoms with Gasteiger partial charge in [-0.1, -0.05) is 78.8 Å². The molecule has 0 aliphatic heterocycles. The van der Waals surface area contributed by atoms with Crippen molar-refractivity contribution in [3.05, 3.63) is 65.1 Å². The van der Waals surface area contributed by atoms with Crippen LogP contribution in [0.15, 0.2) is 42.5 Å². The number of methoxy groups -OCH3 is 2. The highest BCUT2D eigenvalue weighted by molar-refractivity contribution is 5.79. The van der Waals surface area contributed by atoms with Gasteiger partial charge in [0.25, 0.3) is 0 Å². The highest BCUT2D eigenvalue weighted by atomic mass is 16.5. The van der Waals surface area contributed by atoms with Crippen LogP contribution in [0.1, 0.15) is 83.1 Å². The molecular formula is C32H47N5O3. The average Bonchev–Trinajstić information content (AvgIpc) is 3.33. The van der Waals surface area contributed by atoms with E-state index in [0.717, 1.165) is 45.1 Å². The number of ether oxygens (including phenoxy) is 3. The van der Waals surface area contributed by atoms with E-state index in [9.17, 15) is 0 Å². The first-order valence-electron chi connectivity index (χ1n) is 14.4. The summed E-state index contributed by atoms with van der Waals surface area (Å²) in [6, 6.07) is 14.0. The van der Waals surface area contributed by atoms with Crippen molar-refractivity contribution < 1.29 is 14.2 Å². The van der Waals surface area contributed by atoms with Crippen LogP contribution < -0.4 is 4.74 Å². The standard InChI is InChI=1S/C28H35N5O3.2C2H6/c1-7-23-26(22-13-14-24(18(2)3)30-28(22)35-6)31-25-19(4)32-33(27(25)29-23)21(16-34-5)17-36-15-20-11-9-8-10-12-20;2*1-2/h8-14,18,21H,7,15-17H2,1-6H3;2*1-2H3. The minimum absolute atomic E-state index is 0.138. The molecule has 8 nitrogen and oxygen atoms in total. The molecule has 3 aromatic heterocycles. The summed E-state index contributed by atoms with van der Waals surface area (Å²) < 4.78 is 19.1. The Hall–Kier alpha value is -3.36. The van der Waals surface area contributed by atoms with Crippen LogP contribution in [0.3, 0.4) is 0 Å². The minimum atomic E-state index is -0.138. The maximum atomic E-state index is 6.04. The number of fused-ring (bicyclic) bond motifs is 1. The molecule has 40 heavy (non-hydrogen) atoms. The Morgan fingerprint density at radius 3 is 2.17 bits per heavy atom. The summed E-state index contributed by atoms with van der Waals surface area (Å²) in [5.41, 5.74) is 6.85. The Bertz CT molecular complexity index is 1310. The molecule has 3 heterocycles. The number of pyridine rings is 1. The highest BCUT2D eigenvalue weighted by Crippen LogP contribution is 2.33. The number of rotatable bonds is 11. The largest absolute Gasteiger partial charge is 0.480 e. The summed E-state index contributed by atoms with van der Waals surface area (Å²) in [6.45, 7) is 17.7. The van der Waals surface area contributed by atoms with Crippen LogP contribution in [0.5, 0.6) is 5.88 Å². The highest BCUT2D eigenvalue weighted by Gasteiger charge is 2.23. The predicted octanol–water partition coefficient (Wildman–Crippen LogP) is 7.35. The predicted molar refractivity (Wildman–Crippen MR) is 163 cm³/mol. The normalized spacial score (nSPS) is 11.5. The van der Waals surface area contributed by atoms with Gasteiger partial charge in [-0.05, 0) is 37.0 Å². The number of nitrogens with zero attached hydrogens (tertiary/aromatic N) is 5. The van der Waals surface area contributed by atoms with Crippen molar-refractivity contribution in [2.75, 3.05) is 27.4 Å². The van der Waals surface area contributed by atoms with Crippen molar-refractivity contribution >= 4 is 11.2 Å². The van der Waals surface area contributed by atoms with Gasteiger partial charge in [0.1, 0.15) is 11.6 Å². The van der Waals surface area contributed by atoms with Crippen LogP contribution in [-0.4, -0.2) is 52.2 Å². The third-order valence-corrected chi connectivity index (χ3v) is 6.15. The lowest BCUT2D eigenvalue weighted by Gasteiger charge is -2.18. The fraction of sp³-hybridized carbons (Fsp3) is 0.500. The number of aryl methyl sites for hydroxylation is 2. The first kappa shape index (κ1) is 32.8. The third kappa shape index (κ3) is 7.86. The lowest BCUT2D eigenvalue weighted by atomic mass is 10.1. The maximum Gasteiger partial charge on any atom is 0.222 e. The number of hydrogen-bond donors (Lipinski definition) is 0. The molecular weight excluding hydrogens is 502 g/mol. The van der Waals surface area contributed by atoms with Gasteiger partial charge in [0.2, 0.25) is 5.88 Å². The Kier molecular flexibility index (Phi) is 13.7. The lowest BCUT2D eigenvalue weighted by molar-refractivity contribution is 0.0507. The second-order valence-electron chi connectivity index (χ2n) is 9.13. The molecule has 1 unspecified atom stereocenters. The van der Waals surface area contributed by atoms with E-state index in [-0.39, 0.29) is 6.04 Å². The second-order valence-corrected chi connectivity index (χ2v) is 9.13. The van der Waals surface area contributed by atoms with Crippen molar-refractivity contribution in [3.8, 4) is 17.1 Å². The van der Waals surface area contributed by atoms with Crippen LogP contribution in [0.4, 0.5) is 0 Å². The van der Waals surface area contributed by atoms with Crippen molar-refractivity contribution in [3.63, 3.8) is 0 Å². The molecule has 0 radical (unpaired) electrons. The van der Waals surface area contributed by atoms with Crippen LogP contribution in [0.2, 0.25) is 0 Å². The van der Waals surface area contributed by atoms with E-state index in [0.29, 0.717) is 38.0 Å². The number of hydrogen-bond acceptors (Lipinski definition) is 7.